The molecule has 2 heterocycles. The van der Waals surface area contributed by atoms with Gasteiger partial charge in [0.05, 0.1) is 22.3 Å². The molecule has 0 radical (unpaired) electrons. The Labute approximate surface area is 191 Å². The van der Waals surface area contributed by atoms with Crippen molar-refractivity contribution in [3.8, 4) is 34.1 Å². The molecular weight excluding hydrogens is 402 g/mol. The van der Waals surface area contributed by atoms with Gasteiger partial charge in [-0.2, -0.15) is 5.26 Å². The summed E-state index contributed by atoms with van der Waals surface area (Å²) in [5.74, 6) is 0. The summed E-state index contributed by atoms with van der Waals surface area (Å²) in [7, 11) is 0. The fourth-order valence-corrected chi connectivity index (χ4v) is 4.49. The minimum atomic E-state index is 0.567. The minimum absolute atomic E-state index is 0.567. The molecule has 2 aromatic heterocycles. The zero-order chi connectivity index (χ0) is 22.2. The van der Waals surface area contributed by atoms with Crippen LogP contribution in [-0.2, 0) is 0 Å². The van der Waals surface area contributed by atoms with E-state index in [0.717, 1.165) is 28.1 Å². The van der Waals surface area contributed by atoms with Crippen LogP contribution in [0.3, 0.4) is 0 Å². The predicted molar refractivity (Wildman–Crippen MR) is 134 cm³/mol. The molecule has 0 amide bonds. The summed E-state index contributed by atoms with van der Waals surface area (Å²) in [6, 6.07) is 40.0. The van der Waals surface area contributed by atoms with E-state index in [1.165, 1.54) is 21.8 Å². The molecule has 0 saturated carbocycles. The van der Waals surface area contributed by atoms with Crippen LogP contribution in [0.5, 0.6) is 0 Å². The van der Waals surface area contributed by atoms with Crippen molar-refractivity contribution in [2.75, 3.05) is 0 Å². The normalized spacial score (nSPS) is 11.0. The van der Waals surface area contributed by atoms with Gasteiger partial charge in [-0.15, -0.1) is 0 Å². The lowest BCUT2D eigenvalue weighted by Gasteiger charge is -2.11. The van der Waals surface area contributed by atoms with Crippen LogP contribution in [0.25, 0.3) is 49.9 Å². The molecule has 3 nitrogen and oxygen atoms in total. The van der Waals surface area contributed by atoms with E-state index in [2.05, 4.69) is 113 Å². The number of fused-ring (bicyclic) bond motifs is 3. The molecule has 0 spiro atoms. The molecule has 0 fully saturated rings. The lowest BCUT2D eigenvalue weighted by atomic mass is 10.0. The topological polar surface area (TPSA) is 41.6 Å². The molecule has 4 aromatic carbocycles. The van der Waals surface area contributed by atoms with Crippen LogP contribution in [-0.4, -0.2) is 9.55 Å². The van der Waals surface area contributed by atoms with Crippen molar-refractivity contribution >= 4 is 21.8 Å². The van der Waals surface area contributed by atoms with Gasteiger partial charge in [-0.05, 0) is 47.5 Å². The van der Waals surface area contributed by atoms with Crippen molar-refractivity contribution in [3.05, 3.63) is 121 Å². The van der Waals surface area contributed by atoms with E-state index in [-0.39, 0.29) is 0 Å². The first-order valence-corrected chi connectivity index (χ1v) is 10.9. The fourth-order valence-electron chi connectivity index (χ4n) is 4.49. The molecule has 0 atom stereocenters. The van der Waals surface area contributed by atoms with E-state index in [1.54, 1.807) is 12.3 Å². The van der Waals surface area contributed by atoms with E-state index in [0.29, 0.717) is 5.56 Å². The summed E-state index contributed by atoms with van der Waals surface area (Å²) >= 11 is 0. The van der Waals surface area contributed by atoms with Gasteiger partial charge in [0, 0.05) is 28.2 Å². The molecule has 6 rings (SSSR count). The highest BCUT2D eigenvalue weighted by molar-refractivity contribution is 6.09. The summed E-state index contributed by atoms with van der Waals surface area (Å²) in [6.45, 7) is 0. The molecule has 6 aromatic rings. The van der Waals surface area contributed by atoms with E-state index >= 15 is 0 Å². The van der Waals surface area contributed by atoms with Crippen LogP contribution in [0, 0.1) is 11.3 Å². The van der Waals surface area contributed by atoms with Crippen molar-refractivity contribution in [2.45, 2.75) is 0 Å². The van der Waals surface area contributed by atoms with E-state index in [1.807, 2.05) is 6.07 Å². The van der Waals surface area contributed by atoms with Gasteiger partial charge in [0.2, 0.25) is 0 Å². The van der Waals surface area contributed by atoms with Crippen LogP contribution in [0.1, 0.15) is 5.56 Å². The maximum absolute atomic E-state index is 8.98. The van der Waals surface area contributed by atoms with E-state index < -0.39 is 0 Å². The molecule has 0 aliphatic heterocycles. The Morgan fingerprint density at radius 3 is 1.91 bits per heavy atom. The standard InChI is InChI=1S/C30H19N3/c31-19-21-12-17-28(32-20-21)23-15-13-22(14-16-23)24-6-5-7-25(18-24)33-29-10-3-1-8-26(29)27-9-2-4-11-30(27)33/h1-18,20H. The van der Waals surface area contributed by atoms with Gasteiger partial charge in [0.1, 0.15) is 6.07 Å². The number of nitrogens with zero attached hydrogens (tertiary/aromatic N) is 3. The quantitative estimate of drug-likeness (QED) is 0.299. The third-order valence-corrected chi connectivity index (χ3v) is 6.09. The second-order valence-corrected chi connectivity index (χ2v) is 8.04. The first-order valence-electron chi connectivity index (χ1n) is 10.9. The monoisotopic (exact) mass is 421 g/mol. The van der Waals surface area contributed by atoms with Crippen molar-refractivity contribution in [1.82, 2.24) is 9.55 Å². The molecular formula is C30H19N3. The summed E-state index contributed by atoms with van der Waals surface area (Å²) in [4.78, 5) is 4.40. The second kappa shape index (κ2) is 7.78. The first-order chi connectivity index (χ1) is 16.3. The molecule has 0 aliphatic carbocycles. The van der Waals surface area contributed by atoms with Gasteiger partial charge in [0.15, 0.2) is 0 Å². The molecule has 0 aliphatic rings. The predicted octanol–water partition coefficient (Wildman–Crippen LogP) is 7.38. The summed E-state index contributed by atoms with van der Waals surface area (Å²) in [6.07, 6.45) is 1.61. The Morgan fingerprint density at radius 2 is 1.27 bits per heavy atom. The Morgan fingerprint density at radius 1 is 0.606 bits per heavy atom. The number of benzene rings is 4. The molecule has 0 N–H and O–H groups in total. The maximum Gasteiger partial charge on any atom is 0.101 e. The SMILES string of the molecule is N#Cc1ccc(-c2ccc(-c3cccc(-n4c5ccccc5c5ccccc54)c3)cc2)nc1. The van der Waals surface area contributed by atoms with Gasteiger partial charge in [-0.3, -0.25) is 4.98 Å². The Hall–Kier alpha value is -4.68. The van der Waals surface area contributed by atoms with Crippen LogP contribution in [0.15, 0.2) is 115 Å². The first kappa shape index (κ1) is 19.0. The van der Waals surface area contributed by atoms with E-state index in [9.17, 15) is 0 Å². The largest absolute Gasteiger partial charge is 0.309 e. The molecule has 154 valence electrons. The van der Waals surface area contributed by atoms with Crippen LogP contribution >= 0.6 is 0 Å². The second-order valence-electron chi connectivity index (χ2n) is 8.04. The van der Waals surface area contributed by atoms with Crippen molar-refractivity contribution in [2.24, 2.45) is 0 Å². The van der Waals surface area contributed by atoms with Gasteiger partial charge in [-0.25, -0.2) is 0 Å². The maximum atomic E-state index is 8.98. The molecule has 33 heavy (non-hydrogen) atoms. The zero-order valence-corrected chi connectivity index (χ0v) is 17.8. The summed E-state index contributed by atoms with van der Waals surface area (Å²) < 4.78 is 2.34. The number of nitriles is 1. The van der Waals surface area contributed by atoms with Crippen LogP contribution < -0.4 is 0 Å². The molecule has 3 heteroatoms. The highest BCUT2D eigenvalue weighted by Gasteiger charge is 2.12. The van der Waals surface area contributed by atoms with E-state index in [4.69, 9.17) is 5.26 Å². The smallest absolute Gasteiger partial charge is 0.101 e. The summed E-state index contributed by atoms with van der Waals surface area (Å²) in [5.41, 5.74) is 8.32. The van der Waals surface area contributed by atoms with Gasteiger partial charge in [0.25, 0.3) is 0 Å². The fraction of sp³-hybridized carbons (Fsp3) is 0. The molecule has 0 saturated heterocycles. The lowest BCUT2D eigenvalue weighted by molar-refractivity contribution is 1.18. The Bertz CT molecular complexity index is 1600. The Kier molecular flexibility index (Phi) is 4.49. The minimum Gasteiger partial charge on any atom is -0.309 e. The number of para-hydroxylation sites is 2. The van der Waals surface area contributed by atoms with Crippen molar-refractivity contribution in [3.63, 3.8) is 0 Å². The zero-order valence-electron chi connectivity index (χ0n) is 17.8. The van der Waals surface area contributed by atoms with Crippen LogP contribution in [0.2, 0.25) is 0 Å². The number of aromatic nitrogens is 2. The van der Waals surface area contributed by atoms with Gasteiger partial charge < -0.3 is 4.57 Å². The van der Waals surface area contributed by atoms with Gasteiger partial charge in [-0.1, -0.05) is 72.8 Å². The average Bonchev–Trinajstić information content (AvgIpc) is 3.23. The van der Waals surface area contributed by atoms with Crippen LogP contribution in [0.4, 0.5) is 0 Å². The Balaban J connectivity index is 1.42. The number of hydrogen-bond donors (Lipinski definition) is 0. The summed E-state index contributed by atoms with van der Waals surface area (Å²) in [5, 5.41) is 11.5. The lowest BCUT2D eigenvalue weighted by Crippen LogP contribution is -1.94. The third-order valence-electron chi connectivity index (χ3n) is 6.09. The van der Waals surface area contributed by atoms with Gasteiger partial charge >= 0.3 is 0 Å². The highest BCUT2D eigenvalue weighted by atomic mass is 15.0. The number of rotatable bonds is 3. The number of pyridine rings is 1. The third kappa shape index (κ3) is 3.26. The average molecular weight is 422 g/mol. The van der Waals surface area contributed by atoms with Crippen molar-refractivity contribution < 1.29 is 0 Å². The van der Waals surface area contributed by atoms with Crippen molar-refractivity contribution in [1.29, 1.82) is 5.26 Å². The molecule has 0 bridgehead atoms. The highest BCUT2D eigenvalue weighted by Crippen LogP contribution is 2.33. The number of hydrogen-bond acceptors (Lipinski definition) is 2. The molecule has 0 unspecified atom stereocenters.